The highest BCUT2D eigenvalue weighted by molar-refractivity contribution is 5.85. The second-order valence-electron chi connectivity index (χ2n) is 2.17. The van der Waals surface area contributed by atoms with Crippen LogP contribution in [0.25, 0.3) is 0 Å². The van der Waals surface area contributed by atoms with Crippen LogP contribution in [0.5, 0.6) is 0 Å². The van der Waals surface area contributed by atoms with Gasteiger partial charge in [0.15, 0.2) is 0 Å². The molecule has 1 N–H and O–H groups in total. The van der Waals surface area contributed by atoms with E-state index in [-0.39, 0.29) is 5.69 Å². The maximum absolute atomic E-state index is 11.7. The average Bonchev–Trinajstić information content (AvgIpc) is 2.37. The molecular weight excluding hydrogens is 173 g/mol. The van der Waals surface area contributed by atoms with Crippen LogP contribution in [-0.2, 0) is 11.2 Å². The number of alkyl halides is 3. The van der Waals surface area contributed by atoms with Gasteiger partial charge in [-0.2, -0.15) is 13.2 Å². The largest absolute Gasteiger partial charge is 0.450 e. The van der Waals surface area contributed by atoms with E-state index in [1.54, 1.807) is 0 Å². The van der Waals surface area contributed by atoms with Gasteiger partial charge in [-0.3, -0.25) is 4.79 Å². The standard InChI is InChI=1S/C6H5F3N2O/c7-6(8,9)5(12)1-4-2-10-3-11-4/h2-3H,1H2,(H,10,11). The summed E-state index contributed by atoms with van der Waals surface area (Å²) < 4.78 is 35.0. The first-order valence-corrected chi connectivity index (χ1v) is 3.07. The molecule has 0 aliphatic heterocycles. The Morgan fingerprint density at radius 1 is 1.58 bits per heavy atom. The van der Waals surface area contributed by atoms with Crippen molar-refractivity contribution in [3.8, 4) is 0 Å². The minimum Gasteiger partial charge on any atom is -0.348 e. The van der Waals surface area contributed by atoms with Gasteiger partial charge in [-0.25, -0.2) is 4.98 Å². The smallest absolute Gasteiger partial charge is 0.348 e. The maximum Gasteiger partial charge on any atom is 0.450 e. The van der Waals surface area contributed by atoms with Gasteiger partial charge in [-0.15, -0.1) is 0 Å². The third kappa shape index (κ3) is 2.08. The Balaban J connectivity index is 2.60. The van der Waals surface area contributed by atoms with Crippen molar-refractivity contribution in [3.63, 3.8) is 0 Å². The quantitative estimate of drug-likeness (QED) is 0.736. The molecule has 0 aliphatic rings. The monoisotopic (exact) mass is 178 g/mol. The van der Waals surface area contributed by atoms with Crippen LogP contribution in [0, 0.1) is 0 Å². The number of hydrogen-bond acceptors (Lipinski definition) is 2. The van der Waals surface area contributed by atoms with E-state index in [1.165, 1.54) is 12.5 Å². The van der Waals surface area contributed by atoms with Crippen molar-refractivity contribution in [3.05, 3.63) is 18.2 Å². The predicted octanol–water partition coefficient (Wildman–Crippen LogP) is 1.08. The van der Waals surface area contributed by atoms with Crippen molar-refractivity contribution in [2.45, 2.75) is 12.6 Å². The summed E-state index contributed by atoms with van der Waals surface area (Å²) >= 11 is 0. The van der Waals surface area contributed by atoms with E-state index < -0.39 is 18.4 Å². The molecule has 3 nitrogen and oxygen atoms in total. The molecule has 0 aromatic carbocycles. The maximum atomic E-state index is 11.7. The van der Waals surface area contributed by atoms with Gasteiger partial charge in [0.2, 0.25) is 5.78 Å². The van der Waals surface area contributed by atoms with Gasteiger partial charge in [0.1, 0.15) is 0 Å². The van der Waals surface area contributed by atoms with Crippen molar-refractivity contribution >= 4 is 5.78 Å². The Morgan fingerprint density at radius 2 is 2.25 bits per heavy atom. The number of rotatable bonds is 2. The summed E-state index contributed by atoms with van der Waals surface area (Å²) in [6.07, 6.45) is -3.03. The Kier molecular flexibility index (Phi) is 2.16. The molecule has 6 heteroatoms. The number of aromatic nitrogens is 2. The first kappa shape index (κ1) is 8.76. The van der Waals surface area contributed by atoms with Crippen molar-refractivity contribution in [1.82, 2.24) is 9.97 Å². The van der Waals surface area contributed by atoms with Crippen LogP contribution in [0.3, 0.4) is 0 Å². The van der Waals surface area contributed by atoms with Gasteiger partial charge in [-0.05, 0) is 0 Å². The highest BCUT2D eigenvalue weighted by Gasteiger charge is 2.37. The van der Waals surface area contributed by atoms with E-state index >= 15 is 0 Å². The first-order chi connectivity index (χ1) is 5.50. The molecule has 1 aromatic rings. The van der Waals surface area contributed by atoms with Crippen LogP contribution in [0.15, 0.2) is 12.5 Å². The summed E-state index contributed by atoms with van der Waals surface area (Å²) in [5.41, 5.74) is 0.164. The number of nitrogens with zero attached hydrogens (tertiary/aromatic N) is 1. The Labute approximate surface area is 65.6 Å². The summed E-state index contributed by atoms with van der Waals surface area (Å²) in [6, 6.07) is 0. The molecule has 0 bridgehead atoms. The number of carbonyl (C=O) groups excluding carboxylic acids is 1. The third-order valence-corrected chi connectivity index (χ3v) is 1.22. The van der Waals surface area contributed by atoms with Crippen LogP contribution in [-0.4, -0.2) is 21.9 Å². The zero-order valence-electron chi connectivity index (χ0n) is 5.85. The van der Waals surface area contributed by atoms with Crippen molar-refractivity contribution < 1.29 is 18.0 Å². The van der Waals surface area contributed by atoms with Crippen molar-refractivity contribution in [2.24, 2.45) is 0 Å². The SMILES string of the molecule is O=C(Cc1cnc[nH]1)C(F)(F)F. The number of H-pyrrole nitrogens is 1. The summed E-state index contributed by atoms with van der Waals surface area (Å²) in [5.74, 6) is -1.77. The number of aromatic amines is 1. The lowest BCUT2D eigenvalue weighted by Crippen LogP contribution is -2.24. The highest BCUT2D eigenvalue weighted by Crippen LogP contribution is 2.17. The van der Waals surface area contributed by atoms with Gasteiger partial charge in [0.05, 0.1) is 12.7 Å². The fraction of sp³-hybridized carbons (Fsp3) is 0.333. The van der Waals surface area contributed by atoms with Crippen LogP contribution < -0.4 is 0 Å². The van der Waals surface area contributed by atoms with E-state index in [9.17, 15) is 18.0 Å². The molecule has 0 radical (unpaired) electrons. The molecule has 1 heterocycles. The Morgan fingerprint density at radius 3 is 2.67 bits per heavy atom. The molecule has 0 aliphatic carbocycles. The molecule has 66 valence electrons. The fourth-order valence-electron chi connectivity index (χ4n) is 0.655. The van der Waals surface area contributed by atoms with Crippen LogP contribution in [0.1, 0.15) is 5.69 Å². The van der Waals surface area contributed by atoms with Crippen LogP contribution >= 0.6 is 0 Å². The highest BCUT2D eigenvalue weighted by atomic mass is 19.4. The number of carbonyl (C=O) groups is 1. The van der Waals surface area contributed by atoms with Gasteiger partial charge in [0, 0.05) is 11.9 Å². The normalized spacial score (nSPS) is 11.6. The minimum atomic E-state index is -4.76. The summed E-state index contributed by atoms with van der Waals surface area (Å²) in [7, 11) is 0. The van der Waals surface area contributed by atoms with E-state index in [4.69, 9.17) is 0 Å². The molecule has 0 amide bonds. The second kappa shape index (κ2) is 2.96. The number of halogens is 3. The molecule has 1 aromatic heterocycles. The number of nitrogens with one attached hydrogen (secondary N) is 1. The number of ketones is 1. The molecular formula is C6H5F3N2O. The average molecular weight is 178 g/mol. The summed E-state index contributed by atoms with van der Waals surface area (Å²) in [6.45, 7) is 0. The topological polar surface area (TPSA) is 45.8 Å². The molecule has 1 rings (SSSR count). The molecule has 0 fully saturated rings. The predicted molar refractivity (Wildman–Crippen MR) is 33.4 cm³/mol. The lowest BCUT2D eigenvalue weighted by Gasteiger charge is -2.02. The zero-order valence-corrected chi connectivity index (χ0v) is 5.85. The number of imidazole rings is 1. The molecule has 0 saturated carbocycles. The second-order valence-corrected chi connectivity index (χ2v) is 2.17. The minimum absolute atomic E-state index is 0.164. The Hall–Kier alpha value is -1.33. The third-order valence-electron chi connectivity index (χ3n) is 1.22. The van der Waals surface area contributed by atoms with Crippen molar-refractivity contribution in [2.75, 3.05) is 0 Å². The van der Waals surface area contributed by atoms with Crippen molar-refractivity contribution in [1.29, 1.82) is 0 Å². The van der Waals surface area contributed by atoms with Gasteiger partial charge >= 0.3 is 6.18 Å². The molecule has 0 saturated heterocycles. The molecule has 0 unspecified atom stereocenters. The van der Waals surface area contributed by atoms with Crippen LogP contribution in [0.4, 0.5) is 13.2 Å². The lowest BCUT2D eigenvalue weighted by molar-refractivity contribution is -0.170. The molecule has 0 spiro atoms. The fourth-order valence-corrected chi connectivity index (χ4v) is 0.655. The van der Waals surface area contributed by atoms with E-state index in [0.29, 0.717) is 0 Å². The van der Waals surface area contributed by atoms with Gasteiger partial charge in [-0.1, -0.05) is 0 Å². The summed E-state index contributed by atoms with van der Waals surface area (Å²) in [5, 5.41) is 0. The van der Waals surface area contributed by atoms with Gasteiger partial charge < -0.3 is 4.98 Å². The number of hydrogen-bond donors (Lipinski definition) is 1. The summed E-state index contributed by atoms with van der Waals surface area (Å²) in [4.78, 5) is 16.2. The number of Topliss-reactive ketones (excluding diaryl/α,β-unsaturated/α-hetero) is 1. The molecule has 0 atom stereocenters. The zero-order chi connectivity index (χ0) is 9.19. The van der Waals surface area contributed by atoms with Crippen LogP contribution in [0.2, 0.25) is 0 Å². The van der Waals surface area contributed by atoms with E-state index in [1.807, 2.05) is 0 Å². The Bertz CT molecular complexity index is 265. The van der Waals surface area contributed by atoms with Gasteiger partial charge in [0.25, 0.3) is 0 Å². The van der Waals surface area contributed by atoms with E-state index in [2.05, 4.69) is 9.97 Å². The van der Waals surface area contributed by atoms with E-state index in [0.717, 1.165) is 0 Å². The first-order valence-electron chi connectivity index (χ1n) is 3.07. The molecule has 12 heavy (non-hydrogen) atoms. The lowest BCUT2D eigenvalue weighted by atomic mass is 10.2.